The molecule has 0 bridgehead atoms. The average molecular weight is 250 g/mol. The predicted octanol–water partition coefficient (Wildman–Crippen LogP) is 1.52. The van der Waals surface area contributed by atoms with Crippen molar-refractivity contribution in [3.63, 3.8) is 0 Å². The number of likely N-dealkylation sites (N-methyl/N-ethyl adjacent to an activating group) is 1. The molecule has 0 heterocycles. The second-order valence-electron chi connectivity index (χ2n) is 5.43. The van der Waals surface area contributed by atoms with Gasteiger partial charge >= 0.3 is 0 Å². The van der Waals surface area contributed by atoms with E-state index < -0.39 is 0 Å². The molecular weight excluding hydrogens is 224 g/mol. The van der Waals surface area contributed by atoms with E-state index in [-0.39, 0.29) is 12.1 Å². The molecule has 0 aliphatic heterocycles. The number of nitrogens with one attached hydrogen (secondary N) is 1. The van der Waals surface area contributed by atoms with Crippen LogP contribution in [0.25, 0.3) is 0 Å². The van der Waals surface area contributed by atoms with Crippen LogP contribution in [0.15, 0.2) is 30.3 Å². The maximum atomic E-state index is 9.55. The molecule has 0 saturated carbocycles. The number of aliphatic hydroxyl groups excluding tert-OH is 1. The molecule has 1 aromatic carbocycles. The fraction of sp³-hybridized carbons (Fsp3) is 0.600. The van der Waals surface area contributed by atoms with Crippen LogP contribution in [-0.4, -0.2) is 49.3 Å². The van der Waals surface area contributed by atoms with Gasteiger partial charge in [0.2, 0.25) is 0 Å². The van der Waals surface area contributed by atoms with Gasteiger partial charge in [0.15, 0.2) is 0 Å². The third kappa shape index (κ3) is 5.63. The van der Waals surface area contributed by atoms with Crippen LogP contribution in [0.5, 0.6) is 0 Å². The predicted molar refractivity (Wildman–Crippen MR) is 76.8 cm³/mol. The number of aryl methyl sites for hydroxylation is 1. The molecule has 3 heteroatoms. The summed E-state index contributed by atoms with van der Waals surface area (Å²) in [6, 6.07) is 10.4. The lowest BCUT2D eigenvalue weighted by Crippen LogP contribution is -2.48. The van der Waals surface area contributed by atoms with Crippen LogP contribution in [0, 0.1) is 0 Å². The van der Waals surface area contributed by atoms with Crippen molar-refractivity contribution in [2.75, 3.05) is 33.8 Å². The molecule has 1 rings (SSSR count). The van der Waals surface area contributed by atoms with Crippen LogP contribution in [-0.2, 0) is 6.42 Å². The Kier molecular flexibility index (Phi) is 6.33. The van der Waals surface area contributed by atoms with E-state index in [1.807, 2.05) is 6.07 Å². The quantitative estimate of drug-likeness (QED) is 0.734. The van der Waals surface area contributed by atoms with Gasteiger partial charge in [-0.1, -0.05) is 30.3 Å². The van der Waals surface area contributed by atoms with E-state index >= 15 is 0 Å². The van der Waals surface area contributed by atoms with Gasteiger partial charge in [0.25, 0.3) is 0 Å². The van der Waals surface area contributed by atoms with E-state index in [1.165, 1.54) is 5.56 Å². The van der Waals surface area contributed by atoms with E-state index in [0.29, 0.717) is 0 Å². The molecular formula is C15H26N2O. The second kappa shape index (κ2) is 7.52. The van der Waals surface area contributed by atoms with E-state index in [4.69, 9.17) is 0 Å². The molecule has 1 aromatic rings. The van der Waals surface area contributed by atoms with Crippen molar-refractivity contribution >= 4 is 0 Å². The van der Waals surface area contributed by atoms with Crippen molar-refractivity contribution in [1.82, 2.24) is 10.2 Å². The molecule has 0 aromatic heterocycles. The first kappa shape index (κ1) is 15.2. The molecule has 0 amide bonds. The van der Waals surface area contributed by atoms with Crippen molar-refractivity contribution in [2.24, 2.45) is 0 Å². The van der Waals surface area contributed by atoms with E-state index in [0.717, 1.165) is 25.9 Å². The monoisotopic (exact) mass is 250 g/mol. The van der Waals surface area contributed by atoms with Gasteiger partial charge in [-0.15, -0.1) is 0 Å². The van der Waals surface area contributed by atoms with Gasteiger partial charge in [-0.2, -0.15) is 0 Å². The Balaban J connectivity index is 2.39. The molecule has 1 unspecified atom stereocenters. The highest BCUT2D eigenvalue weighted by atomic mass is 16.3. The SMILES string of the molecule is CN(C)CCNC(C)(CO)CCc1ccccc1. The Hall–Kier alpha value is -0.900. The first-order chi connectivity index (χ1) is 8.56. The maximum absolute atomic E-state index is 9.55. The molecule has 3 nitrogen and oxygen atoms in total. The summed E-state index contributed by atoms with van der Waals surface area (Å²) < 4.78 is 0. The second-order valence-corrected chi connectivity index (χ2v) is 5.43. The Morgan fingerprint density at radius 3 is 2.44 bits per heavy atom. The highest BCUT2D eigenvalue weighted by Gasteiger charge is 2.21. The summed E-state index contributed by atoms with van der Waals surface area (Å²) in [7, 11) is 4.11. The van der Waals surface area contributed by atoms with Crippen molar-refractivity contribution in [3.8, 4) is 0 Å². The van der Waals surface area contributed by atoms with E-state index in [9.17, 15) is 5.11 Å². The van der Waals surface area contributed by atoms with Crippen LogP contribution in [0.3, 0.4) is 0 Å². The molecule has 0 aliphatic carbocycles. The third-order valence-electron chi connectivity index (χ3n) is 3.27. The van der Waals surface area contributed by atoms with Gasteiger partial charge in [-0.3, -0.25) is 0 Å². The van der Waals surface area contributed by atoms with E-state index in [2.05, 4.69) is 55.5 Å². The fourth-order valence-corrected chi connectivity index (χ4v) is 1.87. The first-order valence-electron chi connectivity index (χ1n) is 6.60. The zero-order valence-corrected chi connectivity index (χ0v) is 11.8. The van der Waals surface area contributed by atoms with Crippen molar-refractivity contribution in [2.45, 2.75) is 25.3 Å². The number of hydrogen-bond acceptors (Lipinski definition) is 3. The van der Waals surface area contributed by atoms with Crippen LogP contribution in [0.1, 0.15) is 18.9 Å². The normalized spacial score (nSPS) is 14.7. The molecule has 102 valence electrons. The Morgan fingerprint density at radius 1 is 1.22 bits per heavy atom. The Morgan fingerprint density at radius 2 is 1.89 bits per heavy atom. The van der Waals surface area contributed by atoms with Gasteiger partial charge in [-0.05, 0) is 39.4 Å². The third-order valence-corrected chi connectivity index (χ3v) is 3.27. The lowest BCUT2D eigenvalue weighted by atomic mass is 9.94. The minimum atomic E-state index is -0.189. The summed E-state index contributed by atoms with van der Waals surface area (Å²) in [5.41, 5.74) is 1.14. The first-order valence-corrected chi connectivity index (χ1v) is 6.60. The van der Waals surface area contributed by atoms with Crippen molar-refractivity contribution < 1.29 is 5.11 Å². The minimum absolute atomic E-state index is 0.174. The summed E-state index contributed by atoms with van der Waals surface area (Å²) >= 11 is 0. The number of rotatable bonds is 8. The smallest absolute Gasteiger partial charge is 0.0610 e. The summed E-state index contributed by atoms with van der Waals surface area (Å²) in [5, 5.41) is 13.0. The van der Waals surface area contributed by atoms with Gasteiger partial charge < -0.3 is 15.3 Å². The van der Waals surface area contributed by atoms with Crippen molar-refractivity contribution in [3.05, 3.63) is 35.9 Å². The molecule has 0 saturated heterocycles. The molecule has 0 fully saturated rings. The average Bonchev–Trinajstić information content (AvgIpc) is 2.37. The summed E-state index contributed by atoms with van der Waals surface area (Å²) in [6.45, 7) is 4.15. The number of nitrogens with zero attached hydrogens (tertiary/aromatic N) is 1. The standard InChI is InChI=1S/C15H26N2O/c1-15(13-18,16-11-12-17(2)3)10-9-14-7-5-4-6-8-14/h4-8,16,18H,9-13H2,1-3H3. The molecule has 0 spiro atoms. The molecule has 18 heavy (non-hydrogen) atoms. The summed E-state index contributed by atoms with van der Waals surface area (Å²) in [5.74, 6) is 0. The summed E-state index contributed by atoms with van der Waals surface area (Å²) in [4.78, 5) is 2.14. The van der Waals surface area contributed by atoms with E-state index in [1.54, 1.807) is 0 Å². The van der Waals surface area contributed by atoms with Gasteiger partial charge in [0.05, 0.1) is 6.61 Å². The number of benzene rings is 1. The van der Waals surface area contributed by atoms with Crippen LogP contribution in [0.4, 0.5) is 0 Å². The highest BCUT2D eigenvalue weighted by molar-refractivity contribution is 5.15. The van der Waals surface area contributed by atoms with Crippen molar-refractivity contribution in [1.29, 1.82) is 0 Å². The molecule has 1 atom stereocenters. The summed E-state index contributed by atoms with van der Waals surface area (Å²) in [6.07, 6.45) is 1.94. The number of hydrogen-bond donors (Lipinski definition) is 2. The minimum Gasteiger partial charge on any atom is -0.394 e. The fourth-order valence-electron chi connectivity index (χ4n) is 1.87. The zero-order valence-electron chi connectivity index (χ0n) is 11.8. The lowest BCUT2D eigenvalue weighted by Gasteiger charge is -2.29. The highest BCUT2D eigenvalue weighted by Crippen LogP contribution is 2.13. The van der Waals surface area contributed by atoms with Gasteiger partial charge in [0, 0.05) is 18.6 Å². The molecule has 0 radical (unpaired) electrons. The van der Waals surface area contributed by atoms with Gasteiger partial charge in [-0.25, -0.2) is 0 Å². The molecule has 0 aliphatic rings. The maximum Gasteiger partial charge on any atom is 0.0610 e. The lowest BCUT2D eigenvalue weighted by molar-refractivity contribution is 0.163. The number of aliphatic hydroxyl groups is 1. The zero-order chi connectivity index (χ0) is 13.4. The Labute approximate surface area is 111 Å². The van der Waals surface area contributed by atoms with Gasteiger partial charge in [0.1, 0.15) is 0 Å². The van der Waals surface area contributed by atoms with Crippen LogP contribution >= 0.6 is 0 Å². The Bertz CT molecular complexity index is 327. The van der Waals surface area contributed by atoms with Crippen LogP contribution < -0.4 is 5.32 Å². The largest absolute Gasteiger partial charge is 0.394 e. The topological polar surface area (TPSA) is 35.5 Å². The molecule has 2 N–H and O–H groups in total. The van der Waals surface area contributed by atoms with Crippen LogP contribution in [0.2, 0.25) is 0 Å².